The summed E-state index contributed by atoms with van der Waals surface area (Å²) in [6, 6.07) is 4.27. The van der Waals surface area contributed by atoms with E-state index >= 15 is 0 Å². The van der Waals surface area contributed by atoms with E-state index in [1.165, 1.54) is 12.1 Å². The first-order valence-electron chi connectivity index (χ1n) is 6.16. The molecule has 1 fully saturated rings. The van der Waals surface area contributed by atoms with Crippen LogP contribution in [0.1, 0.15) is 36.0 Å². The molecule has 0 heterocycles. The number of carboxylic acids is 1. The van der Waals surface area contributed by atoms with Crippen molar-refractivity contribution in [2.24, 2.45) is 0 Å². The second-order valence-corrected chi connectivity index (χ2v) is 4.99. The number of amides is 2. The Morgan fingerprint density at radius 2 is 1.95 bits per heavy atom. The van der Waals surface area contributed by atoms with Crippen molar-refractivity contribution in [3.63, 3.8) is 0 Å². The Hall–Kier alpha value is -1.75. The fourth-order valence-electron chi connectivity index (χ4n) is 2.19. The molecular formula is C13H15ClN2O3. The van der Waals surface area contributed by atoms with E-state index in [-0.39, 0.29) is 22.7 Å². The zero-order valence-electron chi connectivity index (χ0n) is 10.3. The molecule has 0 spiro atoms. The molecule has 2 amide bonds. The Bertz CT molecular complexity index is 499. The van der Waals surface area contributed by atoms with Crippen LogP contribution < -0.4 is 10.6 Å². The molecule has 6 heteroatoms. The van der Waals surface area contributed by atoms with Crippen LogP contribution in [0.4, 0.5) is 10.5 Å². The number of benzene rings is 1. The first-order valence-corrected chi connectivity index (χ1v) is 6.54. The molecule has 0 atom stereocenters. The minimum atomic E-state index is -1.12. The van der Waals surface area contributed by atoms with Gasteiger partial charge in [-0.1, -0.05) is 24.4 Å². The van der Waals surface area contributed by atoms with E-state index in [4.69, 9.17) is 16.7 Å². The first-order chi connectivity index (χ1) is 9.06. The number of carboxylic acid groups (broad SMARTS) is 1. The van der Waals surface area contributed by atoms with Gasteiger partial charge in [-0.3, -0.25) is 0 Å². The van der Waals surface area contributed by atoms with Crippen molar-refractivity contribution in [2.75, 3.05) is 5.32 Å². The lowest BCUT2D eigenvalue weighted by Gasteiger charge is -2.13. The van der Waals surface area contributed by atoms with Gasteiger partial charge < -0.3 is 15.7 Å². The maximum absolute atomic E-state index is 11.7. The monoisotopic (exact) mass is 282 g/mol. The zero-order chi connectivity index (χ0) is 13.8. The molecule has 1 aromatic rings. The van der Waals surface area contributed by atoms with Gasteiger partial charge in [-0.15, -0.1) is 0 Å². The number of carbonyl (C=O) groups excluding carboxylic acids is 1. The zero-order valence-corrected chi connectivity index (χ0v) is 11.0. The summed E-state index contributed by atoms with van der Waals surface area (Å²) in [5.74, 6) is -1.12. The maximum atomic E-state index is 11.7. The van der Waals surface area contributed by atoms with Gasteiger partial charge in [0, 0.05) is 11.7 Å². The lowest BCUT2D eigenvalue weighted by molar-refractivity contribution is 0.0697. The fraction of sp³-hybridized carbons (Fsp3) is 0.385. The van der Waals surface area contributed by atoms with Gasteiger partial charge in [-0.25, -0.2) is 9.59 Å². The van der Waals surface area contributed by atoms with Gasteiger partial charge >= 0.3 is 12.0 Å². The van der Waals surface area contributed by atoms with E-state index in [2.05, 4.69) is 10.6 Å². The summed E-state index contributed by atoms with van der Waals surface area (Å²) in [6.07, 6.45) is 4.26. The molecule has 19 heavy (non-hydrogen) atoms. The molecule has 3 N–H and O–H groups in total. The summed E-state index contributed by atoms with van der Waals surface area (Å²) < 4.78 is 0. The van der Waals surface area contributed by atoms with E-state index in [1.807, 2.05) is 0 Å². The Morgan fingerprint density at radius 3 is 2.58 bits per heavy atom. The van der Waals surface area contributed by atoms with Crippen LogP contribution in [-0.4, -0.2) is 23.1 Å². The molecule has 5 nitrogen and oxygen atoms in total. The molecular weight excluding hydrogens is 268 g/mol. The average molecular weight is 283 g/mol. The highest BCUT2D eigenvalue weighted by molar-refractivity contribution is 6.33. The quantitative estimate of drug-likeness (QED) is 0.797. The number of hydrogen-bond acceptors (Lipinski definition) is 2. The standard InChI is InChI=1S/C13H15ClN2O3/c14-11-6-5-9(7-10(11)12(17)18)16-13(19)15-8-3-1-2-4-8/h5-8H,1-4H2,(H,17,18)(H2,15,16,19). The second-order valence-electron chi connectivity index (χ2n) is 4.58. The fourth-order valence-corrected chi connectivity index (χ4v) is 2.39. The average Bonchev–Trinajstić information content (AvgIpc) is 2.84. The molecule has 0 bridgehead atoms. The Kier molecular flexibility index (Phi) is 4.27. The van der Waals surface area contributed by atoms with Gasteiger partial charge in [-0.2, -0.15) is 0 Å². The highest BCUT2D eigenvalue weighted by atomic mass is 35.5. The van der Waals surface area contributed by atoms with Crippen LogP contribution in [0.15, 0.2) is 18.2 Å². The highest BCUT2D eigenvalue weighted by Crippen LogP contribution is 2.21. The molecule has 1 aliphatic carbocycles. The van der Waals surface area contributed by atoms with Gasteiger partial charge in [0.1, 0.15) is 0 Å². The van der Waals surface area contributed by atoms with Crippen LogP contribution in [0.2, 0.25) is 5.02 Å². The number of hydrogen-bond donors (Lipinski definition) is 3. The van der Waals surface area contributed by atoms with Gasteiger partial charge in [0.2, 0.25) is 0 Å². The minimum Gasteiger partial charge on any atom is -0.478 e. The van der Waals surface area contributed by atoms with Gasteiger partial charge in [-0.05, 0) is 31.0 Å². The lowest BCUT2D eigenvalue weighted by atomic mass is 10.2. The summed E-state index contributed by atoms with van der Waals surface area (Å²) in [5.41, 5.74) is 0.387. The maximum Gasteiger partial charge on any atom is 0.337 e. The van der Waals surface area contributed by atoms with Crippen LogP contribution in [0.3, 0.4) is 0 Å². The van der Waals surface area contributed by atoms with E-state index in [0.29, 0.717) is 5.69 Å². The molecule has 1 aliphatic rings. The normalized spacial score (nSPS) is 15.2. The van der Waals surface area contributed by atoms with Crippen LogP contribution in [-0.2, 0) is 0 Å². The summed E-state index contributed by atoms with van der Waals surface area (Å²) in [5, 5.41) is 14.6. The largest absolute Gasteiger partial charge is 0.478 e. The minimum absolute atomic E-state index is 0.0275. The summed E-state index contributed by atoms with van der Waals surface area (Å²) in [4.78, 5) is 22.7. The summed E-state index contributed by atoms with van der Waals surface area (Å²) in [7, 11) is 0. The SMILES string of the molecule is O=C(Nc1ccc(Cl)c(C(=O)O)c1)NC1CCCC1. The Balaban J connectivity index is 2.00. The van der Waals surface area contributed by atoms with Crippen LogP contribution >= 0.6 is 11.6 Å². The van der Waals surface area contributed by atoms with Crippen LogP contribution in [0.5, 0.6) is 0 Å². The summed E-state index contributed by atoms with van der Waals surface area (Å²) in [6.45, 7) is 0. The van der Waals surface area contributed by atoms with Gasteiger partial charge in [0.15, 0.2) is 0 Å². The van der Waals surface area contributed by atoms with E-state index in [1.54, 1.807) is 6.07 Å². The lowest BCUT2D eigenvalue weighted by Crippen LogP contribution is -2.36. The molecule has 102 valence electrons. The number of halogens is 1. The molecule has 0 unspecified atom stereocenters. The third-order valence-electron chi connectivity index (χ3n) is 3.15. The van der Waals surface area contributed by atoms with Crippen molar-refractivity contribution >= 4 is 29.3 Å². The van der Waals surface area contributed by atoms with Crippen molar-refractivity contribution in [2.45, 2.75) is 31.7 Å². The number of nitrogens with one attached hydrogen (secondary N) is 2. The second kappa shape index (κ2) is 5.93. The predicted molar refractivity (Wildman–Crippen MR) is 72.8 cm³/mol. The van der Waals surface area contributed by atoms with Crippen molar-refractivity contribution in [1.82, 2.24) is 5.32 Å². The Morgan fingerprint density at radius 1 is 1.26 bits per heavy atom. The van der Waals surface area contributed by atoms with Crippen molar-refractivity contribution in [3.8, 4) is 0 Å². The molecule has 0 radical (unpaired) electrons. The Labute approximate surface area is 116 Å². The third kappa shape index (κ3) is 3.61. The summed E-state index contributed by atoms with van der Waals surface area (Å²) >= 11 is 5.76. The third-order valence-corrected chi connectivity index (χ3v) is 3.47. The van der Waals surface area contributed by atoms with E-state index in [9.17, 15) is 9.59 Å². The molecule has 1 aromatic carbocycles. The van der Waals surface area contributed by atoms with Crippen LogP contribution in [0.25, 0.3) is 0 Å². The number of carbonyl (C=O) groups is 2. The van der Waals surface area contributed by atoms with Gasteiger partial charge in [0.25, 0.3) is 0 Å². The van der Waals surface area contributed by atoms with Gasteiger partial charge in [0.05, 0.1) is 10.6 Å². The van der Waals surface area contributed by atoms with E-state index in [0.717, 1.165) is 25.7 Å². The molecule has 0 aromatic heterocycles. The van der Waals surface area contributed by atoms with Crippen molar-refractivity contribution in [3.05, 3.63) is 28.8 Å². The molecule has 0 saturated heterocycles. The molecule has 2 rings (SSSR count). The predicted octanol–water partition coefficient (Wildman–Crippen LogP) is 3.10. The topological polar surface area (TPSA) is 78.4 Å². The highest BCUT2D eigenvalue weighted by Gasteiger charge is 2.17. The van der Waals surface area contributed by atoms with Crippen molar-refractivity contribution < 1.29 is 14.7 Å². The number of urea groups is 1. The first kappa shape index (κ1) is 13.7. The number of anilines is 1. The smallest absolute Gasteiger partial charge is 0.337 e. The number of rotatable bonds is 3. The molecule has 1 saturated carbocycles. The van der Waals surface area contributed by atoms with E-state index < -0.39 is 5.97 Å². The van der Waals surface area contributed by atoms with Crippen LogP contribution in [0, 0.1) is 0 Å². The van der Waals surface area contributed by atoms with Crippen molar-refractivity contribution in [1.29, 1.82) is 0 Å². The molecule has 0 aliphatic heterocycles. The number of aromatic carboxylic acids is 1.